The number of carbonyl (C=O) groups is 2. The molecule has 3 aromatic carbocycles. The lowest BCUT2D eigenvalue weighted by molar-refractivity contribution is -0.122. The van der Waals surface area contributed by atoms with Gasteiger partial charge in [-0.1, -0.05) is 54.6 Å². The number of fused-ring (bicyclic) bond motifs is 1. The molecule has 4 rings (SSSR count). The number of benzene rings is 3. The lowest BCUT2D eigenvalue weighted by atomic mass is 10.1. The first-order valence-electron chi connectivity index (χ1n) is 8.36. The van der Waals surface area contributed by atoms with Crippen molar-refractivity contribution in [3.8, 4) is 0 Å². The number of amides is 2. The van der Waals surface area contributed by atoms with Crippen molar-refractivity contribution in [1.29, 1.82) is 0 Å². The van der Waals surface area contributed by atoms with E-state index in [4.69, 9.17) is 0 Å². The van der Waals surface area contributed by atoms with E-state index < -0.39 is 0 Å². The molecule has 0 unspecified atom stereocenters. The zero-order chi connectivity index (χ0) is 17.2. The fraction of sp³-hybridized carbons (Fsp3) is 0.143. The monoisotopic (exact) mass is 330 g/mol. The maximum Gasteiger partial charge on any atom is 0.229 e. The molecule has 0 bridgehead atoms. The summed E-state index contributed by atoms with van der Waals surface area (Å²) < 4.78 is 0. The summed E-state index contributed by atoms with van der Waals surface area (Å²) in [6.07, 6.45) is 0.242. The zero-order valence-electron chi connectivity index (χ0n) is 13.7. The second-order valence-electron chi connectivity index (χ2n) is 6.26. The standard InChI is InChI=1S/C21H18N2O2/c24-20-13-16(14-23(20)17-9-2-1-3-10-17)21(25)22-19-12-6-8-15-7-4-5-11-18(15)19/h1-12,16H,13-14H2,(H,22,25)/t16-/m1/s1. The number of hydrogen-bond donors (Lipinski definition) is 1. The first-order chi connectivity index (χ1) is 12.2. The predicted molar refractivity (Wildman–Crippen MR) is 99.5 cm³/mol. The lowest BCUT2D eigenvalue weighted by Crippen LogP contribution is -2.28. The van der Waals surface area contributed by atoms with Gasteiger partial charge in [0.1, 0.15) is 0 Å². The average Bonchev–Trinajstić information content (AvgIpc) is 3.05. The SMILES string of the molecule is O=C(Nc1cccc2ccccc12)[C@@H]1CC(=O)N(c2ccccc2)C1. The molecular formula is C21H18N2O2. The van der Waals surface area contributed by atoms with Crippen LogP contribution in [0.5, 0.6) is 0 Å². The van der Waals surface area contributed by atoms with Crippen molar-refractivity contribution in [1.82, 2.24) is 0 Å². The minimum Gasteiger partial charge on any atom is -0.325 e. The van der Waals surface area contributed by atoms with E-state index in [-0.39, 0.29) is 24.2 Å². The number of hydrogen-bond acceptors (Lipinski definition) is 2. The fourth-order valence-corrected chi connectivity index (χ4v) is 3.31. The van der Waals surface area contributed by atoms with Crippen LogP contribution in [0, 0.1) is 5.92 Å². The van der Waals surface area contributed by atoms with Gasteiger partial charge >= 0.3 is 0 Å². The third-order valence-electron chi connectivity index (χ3n) is 4.61. The van der Waals surface area contributed by atoms with Crippen LogP contribution in [-0.4, -0.2) is 18.4 Å². The molecular weight excluding hydrogens is 312 g/mol. The van der Waals surface area contributed by atoms with E-state index in [2.05, 4.69) is 5.32 Å². The summed E-state index contributed by atoms with van der Waals surface area (Å²) in [5.41, 5.74) is 1.63. The molecule has 3 aromatic rings. The van der Waals surface area contributed by atoms with Crippen molar-refractivity contribution >= 4 is 34.0 Å². The maximum atomic E-state index is 12.7. The number of nitrogens with zero attached hydrogens (tertiary/aromatic N) is 1. The van der Waals surface area contributed by atoms with Crippen LogP contribution >= 0.6 is 0 Å². The minimum atomic E-state index is -0.341. The number of para-hydroxylation sites is 1. The van der Waals surface area contributed by atoms with E-state index >= 15 is 0 Å². The van der Waals surface area contributed by atoms with Crippen molar-refractivity contribution in [3.05, 3.63) is 72.8 Å². The van der Waals surface area contributed by atoms with Gasteiger partial charge in [-0.15, -0.1) is 0 Å². The third kappa shape index (κ3) is 2.98. The highest BCUT2D eigenvalue weighted by atomic mass is 16.2. The molecule has 1 N–H and O–H groups in total. The highest BCUT2D eigenvalue weighted by Crippen LogP contribution is 2.27. The third-order valence-corrected chi connectivity index (χ3v) is 4.61. The van der Waals surface area contributed by atoms with Crippen LogP contribution in [0.25, 0.3) is 10.8 Å². The Morgan fingerprint density at radius 3 is 2.48 bits per heavy atom. The molecule has 25 heavy (non-hydrogen) atoms. The number of carbonyl (C=O) groups excluding carboxylic acids is 2. The van der Waals surface area contributed by atoms with E-state index in [1.807, 2.05) is 72.8 Å². The Labute approximate surface area is 146 Å². The molecule has 0 radical (unpaired) electrons. The Morgan fingerprint density at radius 2 is 1.64 bits per heavy atom. The smallest absolute Gasteiger partial charge is 0.229 e. The molecule has 4 nitrogen and oxygen atoms in total. The van der Waals surface area contributed by atoms with Crippen molar-refractivity contribution in [2.24, 2.45) is 5.92 Å². The largest absolute Gasteiger partial charge is 0.325 e. The summed E-state index contributed by atoms with van der Waals surface area (Å²) >= 11 is 0. The summed E-state index contributed by atoms with van der Waals surface area (Å²) in [4.78, 5) is 26.7. The Hall–Kier alpha value is -3.14. The Bertz CT molecular complexity index is 932. The quantitative estimate of drug-likeness (QED) is 0.793. The van der Waals surface area contributed by atoms with E-state index in [1.54, 1.807) is 4.90 Å². The van der Waals surface area contributed by atoms with Crippen LogP contribution in [0.15, 0.2) is 72.8 Å². The van der Waals surface area contributed by atoms with Crippen LogP contribution in [0.1, 0.15) is 6.42 Å². The van der Waals surface area contributed by atoms with Crippen LogP contribution in [0.2, 0.25) is 0 Å². The van der Waals surface area contributed by atoms with Gasteiger partial charge in [-0.05, 0) is 23.6 Å². The Morgan fingerprint density at radius 1 is 0.920 bits per heavy atom. The highest BCUT2D eigenvalue weighted by molar-refractivity contribution is 6.06. The Kier molecular flexibility index (Phi) is 3.94. The van der Waals surface area contributed by atoms with Gasteiger partial charge in [-0.25, -0.2) is 0 Å². The second kappa shape index (κ2) is 6.40. The Balaban J connectivity index is 1.53. The molecule has 0 aromatic heterocycles. The van der Waals surface area contributed by atoms with E-state index in [1.165, 1.54) is 0 Å². The predicted octanol–water partition coefficient (Wildman–Crippen LogP) is 3.83. The van der Waals surface area contributed by atoms with Crippen LogP contribution in [0.3, 0.4) is 0 Å². The molecule has 0 aliphatic carbocycles. The van der Waals surface area contributed by atoms with Gasteiger partial charge in [0.2, 0.25) is 11.8 Å². The van der Waals surface area contributed by atoms with Gasteiger partial charge in [0.15, 0.2) is 0 Å². The molecule has 1 aliphatic heterocycles. The summed E-state index contributed by atoms with van der Waals surface area (Å²) in [6, 6.07) is 23.2. The normalized spacial score (nSPS) is 17.0. The maximum absolute atomic E-state index is 12.7. The van der Waals surface area contributed by atoms with E-state index in [0.717, 1.165) is 22.1 Å². The molecule has 0 saturated carbocycles. The summed E-state index contributed by atoms with van der Waals surface area (Å²) in [5, 5.41) is 5.08. The van der Waals surface area contributed by atoms with E-state index in [0.29, 0.717) is 6.54 Å². The molecule has 1 saturated heterocycles. The molecule has 0 spiro atoms. The molecule has 1 heterocycles. The summed E-state index contributed by atoms with van der Waals surface area (Å²) in [6.45, 7) is 0.416. The molecule has 2 amide bonds. The minimum absolute atomic E-state index is 0.00994. The first-order valence-corrected chi connectivity index (χ1v) is 8.36. The van der Waals surface area contributed by atoms with Gasteiger partial charge in [0.05, 0.1) is 5.92 Å². The number of nitrogens with one attached hydrogen (secondary N) is 1. The summed E-state index contributed by atoms with van der Waals surface area (Å²) in [5.74, 6) is -0.459. The van der Waals surface area contributed by atoms with E-state index in [9.17, 15) is 9.59 Å². The van der Waals surface area contributed by atoms with Crippen molar-refractivity contribution in [2.75, 3.05) is 16.8 Å². The van der Waals surface area contributed by atoms with Gasteiger partial charge in [0.25, 0.3) is 0 Å². The van der Waals surface area contributed by atoms with Crippen LogP contribution in [-0.2, 0) is 9.59 Å². The zero-order valence-corrected chi connectivity index (χ0v) is 13.7. The topological polar surface area (TPSA) is 49.4 Å². The number of rotatable bonds is 3. The van der Waals surface area contributed by atoms with Crippen molar-refractivity contribution in [3.63, 3.8) is 0 Å². The highest BCUT2D eigenvalue weighted by Gasteiger charge is 2.35. The first kappa shape index (κ1) is 15.4. The molecule has 1 fully saturated rings. The fourth-order valence-electron chi connectivity index (χ4n) is 3.31. The van der Waals surface area contributed by atoms with Gasteiger partial charge in [-0.2, -0.15) is 0 Å². The molecule has 1 atom stereocenters. The number of anilines is 2. The molecule has 124 valence electrons. The molecule has 1 aliphatic rings. The lowest BCUT2D eigenvalue weighted by Gasteiger charge is -2.16. The average molecular weight is 330 g/mol. The van der Waals surface area contributed by atoms with Crippen molar-refractivity contribution in [2.45, 2.75) is 6.42 Å². The van der Waals surface area contributed by atoms with Gasteiger partial charge < -0.3 is 10.2 Å². The van der Waals surface area contributed by atoms with Crippen molar-refractivity contribution < 1.29 is 9.59 Å². The molecule has 4 heteroatoms. The van der Waals surface area contributed by atoms with Gasteiger partial charge in [0, 0.05) is 29.7 Å². The second-order valence-corrected chi connectivity index (χ2v) is 6.26. The van der Waals surface area contributed by atoms with Gasteiger partial charge in [-0.3, -0.25) is 9.59 Å². The van der Waals surface area contributed by atoms with Crippen LogP contribution in [0.4, 0.5) is 11.4 Å². The summed E-state index contributed by atoms with van der Waals surface area (Å²) in [7, 11) is 0. The van der Waals surface area contributed by atoms with Crippen LogP contribution < -0.4 is 10.2 Å².